The number of ether oxygens (including phenoxy) is 1. The van der Waals surface area contributed by atoms with Gasteiger partial charge in [0.2, 0.25) is 0 Å². The number of carbonyl (C=O) groups is 1. The standard InChI is InChI=1S/C16H22F3NO3/c1-15(2,22)13(9-6-10-16(17,18)19)20-14(21)23-11-12-7-4-3-5-8-12/h3-5,7-8,13,22H,6,9-11H2,1-2H3,(H,20,21)/t13-/m0/s1. The molecule has 0 saturated heterocycles. The Morgan fingerprint density at radius 1 is 1.26 bits per heavy atom. The molecule has 0 fully saturated rings. The van der Waals surface area contributed by atoms with Gasteiger partial charge in [-0.3, -0.25) is 0 Å². The third kappa shape index (κ3) is 8.44. The molecule has 0 aliphatic carbocycles. The first-order valence-corrected chi connectivity index (χ1v) is 7.34. The zero-order chi connectivity index (χ0) is 17.5. The summed E-state index contributed by atoms with van der Waals surface area (Å²) in [5, 5.41) is 12.4. The predicted molar refractivity (Wildman–Crippen MR) is 79.8 cm³/mol. The fourth-order valence-electron chi connectivity index (χ4n) is 2.02. The highest BCUT2D eigenvalue weighted by Crippen LogP contribution is 2.24. The van der Waals surface area contributed by atoms with Crippen molar-refractivity contribution in [2.75, 3.05) is 0 Å². The number of nitrogens with one attached hydrogen (secondary N) is 1. The van der Waals surface area contributed by atoms with Crippen LogP contribution in [0.4, 0.5) is 18.0 Å². The molecule has 0 heterocycles. The van der Waals surface area contributed by atoms with Gasteiger partial charge in [-0.05, 0) is 32.3 Å². The maximum absolute atomic E-state index is 12.2. The Hall–Kier alpha value is -1.76. The molecule has 0 aromatic heterocycles. The monoisotopic (exact) mass is 333 g/mol. The Morgan fingerprint density at radius 2 is 1.87 bits per heavy atom. The highest BCUT2D eigenvalue weighted by atomic mass is 19.4. The summed E-state index contributed by atoms with van der Waals surface area (Å²) in [7, 11) is 0. The lowest BCUT2D eigenvalue weighted by molar-refractivity contribution is -0.136. The van der Waals surface area contributed by atoms with E-state index in [0.29, 0.717) is 0 Å². The Bertz CT molecular complexity index is 484. The molecule has 2 N–H and O–H groups in total. The first-order valence-electron chi connectivity index (χ1n) is 7.34. The number of alkyl halides is 3. The molecule has 130 valence electrons. The second kappa shape index (κ2) is 8.19. The second-order valence-electron chi connectivity index (χ2n) is 5.92. The van der Waals surface area contributed by atoms with E-state index in [-0.39, 0.29) is 19.4 Å². The summed E-state index contributed by atoms with van der Waals surface area (Å²) in [6.07, 6.45) is -6.16. The summed E-state index contributed by atoms with van der Waals surface area (Å²) in [6.45, 7) is 2.92. The molecule has 23 heavy (non-hydrogen) atoms. The number of aliphatic hydroxyl groups is 1. The minimum absolute atomic E-state index is 0.00342. The molecule has 0 unspecified atom stereocenters. The van der Waals surface area contributed by atoms with Gasteiger partial charge in [0.25, 0.3) is 0 Å². The Labute approximate surface area is 133 Å². The minimum Gasteiger partial charge on any atom is -0.445 e. The molecule has 1 atom stereocenters. The molecular formula is C16H22F3NO3. The summed E-state index contributed by atoms with van der Waals surface area (Å²) in [6, 6.07) is 8.16. The predicted octanol–water partition coefficient (Wildman–Crippen LogP) is 3.78. The summed E-state index contributed by atoms with van der Waals surface area (Å²) in [5.41, 5.74) is -0.559. The van der Waals surface area contributed by atoms with Crippen LogP contribution < -0.4 is 5.32 Å². The molecule has 4 nitrogen and oxygen atoms in total. The van der Waals surface area contributed by atoms with Crippen LogP contribution in [0, 0.1) is 0 Å². The van der Waals surface area contributed by atoms with E-state index in [0.717, 1.165) is 5.56 Å². The second-order valence-corrected chi connectivity index (χ2v) is 5.92. The van der Waals surface area contributed by atoms with Gasteiger partial charge >= 0.3 is 12.3 Å². The van der Waals surface area contributed by atoms with Crippen molar-refractivity contribution in [1.29, 1.82) is 0 Å². The van der Waals surface area contributed by atoms with Crippen molar-refractivity contribution >= 4 is 6.09 Å². The zero-order valence-corrected chi connectivity index (χ0v) is 13.2. The molecule has 7 heteroatoms. The summed E-state index contributed by atoms with van der Waals surface area (Å²) < 4.78 is 41.6. The Kier molecular flexibility index (Phi) is 6.87. The van der Waals surface area contributed by atoms with Crippen LogP contribution >= 0.6 is 0 Å². The van der Waals surface area contributed by atoms with Gasteiger partial charge in [0.05, 0.1) is 11.6 Å². The lowest BCUT2D eigenvalue weighted by Crippen LogP contribution is -2.49. The molecule has 1 aromatic rings. The molecule has 1 rings (SSSR count). The summed E-state index contributed by atoms with van der Waals surface area (Å²) in [5.74, 6) is 0. The molecule has 0 radical (unpaired) electrons. The Balaban J connectivity index is 2.48. The van der Waals surface area contributed by atoms with Crippen molar-refractivity contribution in [2.45, 2.75) is 57.5 Å². The maximum Gasteiger partial charge on any atom is 0.407 e. The number of carbonyl (C=O) groups excluding carboxylic acids is 1. The van der Waals surface area contributed by atoms with Gasteiger partial charge in [0.15, 0.2) is 0 Å². The van der Waals surface area contributed by atoms with Gasteiger partial charge in [0.1, 0.15) is 6.61 Å². The maximum atomic E-state index is 12.2. The quantitative estimate of drug-likeness (QED) is 0.798. The van der Waals surface area contributed by atoms with E-state index in [4.69, 9.17) is 4.74 Å². The van der Waals surface area contributed by atoms with Gasteiger partial charge in [-0.1, -0.05) is 30.3 Å². The van der Waals surface area contributed by atoms with Crippen molar-refractivity contribution < 1.29 is 27.8 Å². The van der Waals surface area contributed by atoms with Crippen molar-refractivity contribution in [3.8, 4) is 0 Å². The van der Waals surface area contributed by atoms with E-state index in [1.807, 2.05) is 6.07 Å². The smallest absolute Gasteiger partial charge is 0.407 e. The van der Waals surface area contributed by atoms with Gasteiger partial charge in [-0.15, -0.1) is 0 Å². The van der Waals surface area contributed by atoms with Crippen molar-refractivity contribution in [3.05, 3.63) is 35.9 Å². The fraction of sp³-hybridized carbons (Fsp3) is 0.562. The van der Waals surface area contributed by atoms with E-state index < -0.39 is 30.3 Å². The van der Waals surface area contributed by atoms with Crippen LogP contribution in [0.3, 0.4) is 0 Å². The first kappa shape index (κ1) is 19.3. The van der Waals surface area contributed by atoms with Gasteiger partial charge in [0, 0.05) is 6.42 Å². The molecular weight excluding hydrogens is 311 g/mol. The van der Waals surface area contributed by atoms with Crippen LogP contribution in [0.1, 0.15) is 38.7 Å². The lowest BCUT2D eigenvalue weighted by atomic mass is 9.94. The van der Waals surface area contributed by atoms with Crippen LogP contribution in [0.5, 0.6) is 0 Å². The number of alkyl carbamates (subject to hydrolysis) is 1. The number of amides is 1. The fourth-order valence-corrected chi connectivity index (χ4v) is 2.02. The van der Waals surface area contributed by atoms with E-state index in [9.17, 15) is 23.1 Å². The molecule has 0 aliphatic heterocycles. The first-order chi connectivity index (χ1) is 10.6. The molecule has 0 bridgehead atoms. The van der Waals surface area contributed by atoms with Crippen LogP contribution in [0.15, 0.2) is 30.3 Å². The average Bonchev–Trinajstić information content (AvgIpc) is 2.43. The molecule has 1 aromatic carbocycles. The minimum atomic E-state index is -4.25. The van der Waals surface area contributed by atoms with E-state index >= 15 is 0 Å². The highest BCUT2D eigenvalue weighted by molar-refractivity contribution is 5.67. The third-order valence-corrected chi connectivity index (χ3v) is 3.31. The van der Waals surface area contributed by atoms with E-state index in [2.05, 4.69) is 5.32 Å². The van der Waals surface area contributed by atoms with Gasteiger partial charge in [-0.25, -0.2) is 4.79 Å². The van der Waals surface area contributed by atoms with Gasteiger partial charge < -0.3 is 15.2 Å². The number of rotatable bonds is 7. The van der Waals surface area contributed by atoms with Crippen molar-refractivity contribution in [3.63, 3.8) is 0 Å². The SMILES string of the molecule is CC(C)(O)[C@H](CCCC(F)(F)F)NC(=O)OCc1ccccc1. The van der Waals surface area contributed by atoms with Crippen LogP contribution in [-0.4, -0.2) is 29.0 Å². The van der Waals surface area contributed by atoms with E-state index in [1.165, 1.54) is 13.8 Å². The van der Waals surface area contributed by atoms with Crippen molar-refractivity contribution in [2.24, 2.45) is 0 Å². The zero-order valence-electron chi connectivity index (χ0n) is 13.2. The third-order valence-electron chi connectivity index (χ3n) is 3.31. The van der Waals surface area contributed by atoms with E-state index in [1.54, 1.807) is 24.3 Å². The largest absolute Gasteiger partial charge is 0.445 e. The Morgan fingerprint density at radius 3 is 2.39 bits per heavy atom. The van der Waals surface area contributed by atoms with Crippen molar-refractivity contribution in [1.82, 2.24) is 5.32 Å². The molecule has 0 aliphatic rings. The lowest BCUT2D eigenvalue weighted by Gasteiger charge is -2.30. The molecule has 0 saturated carbocycles. The van der Waals surface area contributed by atoms with Crippen LogP contribution in [0.25, 0.3) is 0 Å². The highest BCUT2D eigenvalue weighted by Gasteiger charge is 2.31. The average molecular weight is 333 g/mol. The normalized spacial score (nSPS) is 13.5. The van der Waals surface area contributed by atoms with Crippen LogP contribution in [0.2, 0.25) is 0 Å². The topological polar surface area (TPSA) is 58.6 Å². The molecule has 1 amide bonds. The number of hydrogen-bond acceptors (Lipinski definition) is 3. The summed E-state index contributed by atoms with van der Waals surface area (Å²) in [4.78, 5) is 11.8. The molecule has 0 spiro atoms. The van der Waals surface area contributed by atoms with Crippen LogP contribution in [-0.2, 0) is 11.3 Å². The number of benzene rings is 1. The van der Waals surface area contributed by atoms with Gasteiger partial charge in [-0.2, -0.15) is 13.2 Å². The summed E-state index contributed by atoms with van der Waals surface area (Å²) >= 11 is 0. The number of hydrogen-bond donors (Lipinski definition) is 2. The number of halogens is 3.